The van der Waals surface area contributed by atoms with Crippen molar-refractivity contribution in [3.63, 3.8) is 0 Å². The number of amides is 1. The Kier molecular flexibility index (Phi) is 40.9. The highest BCUT2D eigenvalue weighted by Crippen LogP contribution is 2.43. The molecular weight excluding hydrogens is 780 g/mol. The number of phosphoric acid groups is 1. The number of hydrogen-bond donors (Lipinski definition) is 3. The van der Waals surface area contributed by atoms with Gasteiger partial charge in [0.2, 0.25) is 5.91 Å². The van der Waals surface area contributed by atoms with Gasteiger partial charge in [0.25, 0.3) is 0 Å². The fourth-order valence-corrected chi connectivity index (χ4v) is 6.97. The van der Waals surface area contributed by atoms with Crippen LogP contribution in [0.25, 0.3) is 0 Å². The van der Waals surface area contributed by atoms with Gasteiger partial charge in [0.05, 0.1) is 39.9 Å². The Morgan fingerprint density at radius 3 is 1.51 bits per heavy atom. The van der Waals surface area contributed by atoms with Crippen LogP contribution in [0.3, 0.4) is 0 Å². The highest BCUT2D eigenvalue weighted by molar-refractivity contribution is 7.47. The minimum Gasteiger partial charge on any atom is -0.387 e. The number of unbranched alkanes of at least 4 members (excludes halogenated alkanes) is 15. The van der Waals surface area contributed by atoms with Gasteiger partial charge in [0.15, 0.2) is 0 Å². The van der Waals surface area contributed by atoms with E-state index in [2.05, 4.69) is 104 Å². The monoisotopic (exact) mass is 872 g/mol. The van der Waals surface area contributed by atoms with Crippen LogP contribution < -0.4 is 5.32 Å². The Labute approximate surface area is 375 Å². The quantitative estimate of drug-likeness (QED) is 0.0244. The number of carbonyl (C=O) groups is 1. The highest BCUT2D eigenvalue weighted by Gasteiger charge is 2.27. The first kappa shape index (κ1) is 58.4. The number of phosphoric ester groups is 1. The molecule has 0 radical (unpaired) electrons. The average molecular weight is 872 g/mol. The molecule has 350 valence electrons. The number of allylic oxidation sites excluding steroid dienone is 15. The molecule has 3 N–H and O–H groups in total. The molecule has 0 aliphatic heterocycles. The van der Waals surface area contributed by atoms with Crippen molar-refractivity contribution in [1.29, 1.82) is 0 Å². The van der Waals surface area contributed by atoms with Crippen LogP contribution in [0.15, 0.2) is 97.2 Å². The third-order valence-electron chi connectivity index (χ3n) is 10.0. The highest BCUT2D eigenvalue weighted by atomic mass is 31.2. The molecule has 0 spiro atoms. The summed E-state index contributed by atoms with van der Waals surface area (Å²) in [5, 5.41) is 13.8. The van der Waals surface area contributed by atoms with Crippen molar-refractivity contribution in [3.05, 3.63) is 97.2 Å². The molecule has 0 aliphatic carbocycles. The van der Waals surface area contributed by atoms with Gasteiger partial charge in [-0.15, -0.1) is 0 Å². The zero-order chi connectivity index (χ0) is 45.0. The molecule has 0 saturated heterocycles. The zero-order valence-electron chi connectivity index (χ0n) is 39.6. The predicted molar refractivity (Wildman–Crippen MR) is 262 cm³/mol. The summed E-state index contributed by atoms with van der Waals surface area (Å²) in [6, 6.07) is -0.873. The fourth-order valence-electron chi connectivity index (χ4n) is 6.23. The normalized spacial score (nSPS) is 15.1. The van der Waals surface area contributed by atoms with E-state index >= 15 is 0 Å². The van der Waals surface area contributed by atoms with E-state index < -0.39 is 20.0 Å². The van der Waals surface area contributed by atoms with Gasteiger partial charge in [-0.25, -0.2) is 4.57 Å². The number of carbonyl (C=O) groups excluding carboxylic acids is 1. The summed E-state index contributed by atoms with van der Waals surface area (Å²) < 4.78 is 23.5. The number of nitrogens with one attached hydrogen (secondary N) is 1. The Morgan fingerprint density at radius 1 is 0.574 bits per heavy atom. The molecule has 0 aromatic rings. The number of hydrogen-bond acceptors (Lipinski definition) is 5. The largest absolute Gasteiger partial charge is 0.472 e. The Morgan fingerprint density at radius 2 is 1.00 bits per heavy atom. The number of rotatable bonds is 42. The standard InChI is InChI=1S/C52H91N2O6P/c1-6-8-10-12-14-16-18-20-21-22-23-24-25-26-27-28-29-30-31-32-33-34-36-38-40-42-44-46-52(56)53-50(49-60-61(57,58)59-48-47-54(3,4)5)51(55)45-43-41-39-37-35-19-17-15-13-11-9-7-2/h8,10,14,16,20-21,23-24,26-27,29-30,35,37,43,45,50-51,55H,6-7,9,11-13,15,17-19,22,25,28,31-34,36,38-42,44,46-49H2,1-5H3,(H-,53,56,57,58)/p+1/b10-8-,16-14-,21-20-,24-23-,27-26-,30-29-,37-35+,45-43+. The fraction of sp³-hybridized carbons (Fsp3) is 0.673. The average Bonchev–Trinajstić information content (AvgIpc) is 3.21. The molecule has 0 aliphatic rings. The molecular formula is C52H92N2O6P+. The maximum Gasteiger partial charge on any atom is 0.472 e. The third-order valence-corrected chi connectivity index (χ3v) is 11.0. The maximum atomic E-state index is 12.9. The van der Waals surface area contributed by atoms with Crippen molar-refractivity contribution in [2.75, 3.05) is 40.9 Å². The molecule has 0 fully saturated rings. The lowest BCUT2D eigenvalue weighted by Crippen LogP contribution is -2.45. The van der Waals surface area contributed by atoms with Crippen LogP contribution in [-0.4, -0.2) is 73.4 Å². The van der Waals surface area contributed by atoms with Gasteiger partial charge in [-0.1, -0.05) is 182 Å². The molecule has 1 amide bonds. The Bertz CT molecular complexity index is 1310. The molecule has 3 unspecified atom stereocenters. The van der Waals surface area contributed by atoms with Crippen molar-refractivity contribution >= 4 is 13.7 Å². The lowest BCUT2D eigenvalue weighted by Gasteiger charge is -2.25. The summed E-state index contributed by atoms with van der Waals surface area (Å²) in [6.07, 6.45) is 60.6. The first-order valence-corrected chi connectivity index (χ1v) is 25.6. The molecule has 0 saturated carbocycles. The first-order chi connectivity index (χ1) is 29.5. The van der Waals surface area contributed by atoms with Gasteiger partial charge in [-0.2, -0.15) is 0 Å². The SMILES string of the molecule is CC/C=C\C/C=C\C/C=C\C/C=C\C/C=C\C/C=C\CCCCCCCCCCC(=O)NC(COP(=O)(O)OCC[N+](C)(C)C)C(O)/C=C/CC/C=C/CCCCCCCC. The zero-order valence-corrected chi connectivity index (χ0v) is 40.5. The van der Waals surface area contributed by atoms with E-state index in [1.807, 2.05) is 27.2 Å². The molecule has 8 nitrogen and oxygen atoms in total. The van der Waals surface area contributed by atoms with E-state index in [1.165, 1.54) is 64.2 Å². The first-order valence-electron chi connectivity index (χ1n) is 24.1. The number of quaternary nitrogens is 1. The van der Waals surface area contributed by atoms with Gasteiger partial charge in [-0.3, -0.25) is 13.8 Å². The van der Waals surface area contributed by atoms with E-state index in [-0.39, 0.29) is 19.1 Å². The van der Waals surface area contributed by atoms with Crippen molar-refractivity contribution in [1.82, 2.24) is 5.32 Å². The van der Waals surface area contributed by atoms with Gasteiger partial charge in [0, 0.05) is 6.42 Å². The van der Waals surface area contributed by atoms with E-state index in [0.29, 0.717) is 17.4 Å². The number of aliphatic hydroxyl groups excluding tert-OH is 1. The van der Waals surface area contributed by atoms with Gasteiger partial charge in [0.1, 0.15) is 13.2 Å². The molecule has 0 bridgehead atoms. The van der Waals surface area contributed by atoms with Crippen molar-refractivity contribution in [2.24, 2.45) is 0 Å². The number of aliphatic hydroxyl groups is 1. The lowest BCUT2D eigenvalue weighted by molar-refractivity contribution is -0.870. The smallest absolute Gasteiger partial charge is 0.387 e. The molecule has 0 aromatic carbocycles. The lowest BCUT2D eigenvalue weighted by atomic mass is 10.1. The van der Waals surface area contributed by atoms with Crippen molar-refractivity contribution in [3.8, 4) is 0 Å². The minimum atomic E-state index is -4.35. The van der Waals surface area contributed by atoms with Gasteiger partial charge >= 0.3 is 7.82 Å². The van der Waals surface area contributed by atoms with E-state index in [0.717, 1.165) is 89.9 Å². The van der Waals surface area contributed by atoms with Crippen molar-refractivity contribution < 1.29 is 32.9 Å². The van der Waals surface area contributed by atoms with Crippen LogP contribution in [0.2, 0.25) is 0 Å². The van der Waals surface area contributed by atoms with Crippen LogP contribution >= 0.6 is 7.82 Å². The topological polar surface area (TPSA) is 105 Å². The van der Waals surface area contributed by atoms with Gasteiger partial charge in [-0.05, 0) is 83.5 Å². The minimum absolute atomic E-state index is 0.0491. The summed E-state index contributed by atoms with van der Waals surface area (Å²) in [7, 11) is 1.53. The van der Waals surface area contributed by atoms with Crippen molar-refractivity contribution in [2.45, 2.75) is 187 Å². The summed E-state index contributed by atoms with van der Waals surface area (Å²) in [5.41, 5.74) is 0. The summed E-state index contributed by atoms with van der Waals surface area (Å²) >= 11 is 0. The molecule has 61 heavy (non-hydrogen) atoms. The molecule has 0 heterocycles. The van der Waals surface area contributed by atoms with Crippen LogP contribution in [0.5, 0.6) is 0 Å². The van der Waals surface area contributed by atoms with E-state index in [4.69, 9.17) is 9.05 Å². The van der Waals surface area contributed by atoms with E-state index in [9.17, 15) is 19.4 Å². The molecule has 9 heteroatoms. The summed E-state index contributed by atoms with van der Waals surface area (Å²) in [5.74, 6) is -0.202. The van der Waals surface area contributed by atoms with Crippen LogP contribution in [0, 0.1) is 0 Å². The Balaban J connectivity index is 4.31. The van der Waals surface area contributed by atoms with Crippen LogP contribution in [0.1, 0.15) is 174 Å². The summed E-state index contributed by atoms with van der Waals surface area (Å²) in [6.45, 7) is 4.63. The molecule has 0 aromatic heterocycles. The third kappa shape index (κ3) is 45.3. The van der Waals surface area contributed by atoms with Crippen LogP contribution in [-0.2, 0) is 18.4 Å². The van der Waals surface area contributed by atoms with Crippen LogP contribution in [0.4, 0.5) is 0 Å². The second kappa shape index (κ2) is 42.7. The Hall–Kier alpha value is -2.58. The predicted octanol–water partition coefficient (Wildman–Crippen LogP) is 13.9. The second-order valence-electron chi connectivity index (χ2n) is 17.1. The molecule has 3 atom stereocenters. The summed E-state index contributed by atoms with van der Waals surface area (Å²) in [4.78, 5) is 23.1. The van der Waals surface area contributed by atoms with Gasteiger partial charge < -0.3 is 19.8 Å². The number of likely N-dealkylation sites (N-methyl/N-ethyl adjacent to an activating group) is 1. The maximum absolute atomic E-state index is 12.9. The number of nitrogens with zero attached hydrogens (tertiary/aromatic N) is 1. The second-order valence-corrected chi connectivity index (χ2v) is 18.5. The molecule has 0 rings (SSSR count). The van der Waals surface area contributed by atoms with E-state index in [1.54, 1.807) is 6.08 Å².